The zero-order chi connectivity index (χ0) is 17.4. The highest BCUT2D eigenvalue weighted by molar-refractivity contribution is 6.30. The quantitative estimate of drug-likeness (QED) is 0.640. The van der Waals surface area contributed by atoms with Crippen LogP contribution in [0.15, 0.2) is 53.1 Å². The van der Waals surface area contributed by atoms with Gasteiger partial charge in [-0.05, 0) is 37.6 Å². The van der Waals surface area contributed by atoms with Crippen LogP contribution in [-0.2, 0) is 16.1 Å². The third-order valence-corrected chi connectivity index (χ3v) is 4.87. The zero-order valence-corrected chi connectivity index (χ0v) is 14.4. The van der Waals surface area contributed by atoms with Gasteiger partial charge in [-0.2, -0.15) is 5.10 Å². The third-order valence-electron chi connectivity index (χ3n) is 4.48. The number of nitrogens with zero attached hydrogens (tertiary/aromatic N) is 2. The number of benzene rings is 1. The van der Waals surface area contributed by atoms with Crippen LogP contribution in [0.5, 0.6) is 0 Å². The van der Waals surface area contributed by atoms with Gasteiger partial charge in [0.2, 0.25) is 0 Å². The predicted molar refractivity (Wildman–Crippen MR) is 92.7 cm³/mol. The van der Waals surface area contributed by atoms with E-state index in [1.807, 2.05) is 49.4 Å². The summed E-state index contributed by atoms with van der Waals surface area (Å²) in [5.41, 5.74) is 2.35. The first-order chi connectivity index (χ1) is 12.1. The van der Waals surface area contributed by atoms with Crippen LogP contribution < -0.4 is 0 Å². The van der Waals surface area contributed by atoms with Gasteiger partial charge >= 0.3 is 5.97 Å². The SMILES string of the molecule is Cc1nn(-c2ccccc2)c(Cl)c1COC(=O)C1CC1c1ccco1. The number of furan rings is 1. The fourth-order valence-electron chi connectivity index (χ4n) is 2.96. The van der Waals surface area contributed by atoms with Crippen molar-refractivity contribution in [3.63, 3.8) is 0 Å². The maximum atomic E-state index is 12.2. The largest absolute Gasteiger partial charge is 0.469 e. The van der Waals surface area contributed by atoms with E-state index < -0.39 is 0 Å². The van der Waals surface area contributed by atoms with Gasteiger partial charge in [0.25, 0.3) is 0 Å². The first-order valence-corrected chi connectivity index (χ1v) is 8.52. The van der Waals surface area contributed by atoms with Crippen LogP contribution >= 0.6 is 11.6 Å². The highest BCUT2D eigenvalue weighted by atomic mass is 35.5. The number of aryl methyl sites for hydroxylation is 1. The lowest BCUT2D eigenvalue weighted by Crippen LogP contribution is -2.08. The predicted octanol–water partition coefficient (Wildman–Crippen LogP) is 4.27. The Morgan fingerprint density at radius 1 is 1.32 bits per heavy atom. The monoisotopic (exact) mass is 356 g/mol. The normalized spacial score (nSPS) is 19.0. The molecule has 1 aliphatic carbocycles. The number of rotatable bonds is 5. The van der Waals surface area contributed by atoms with Gasteiger partial charge in [0.15, 0.2) is 0 Å². The maximum Gasteiger partial charge on any atom is 0.310 e. The Kier molecular flexibility index (Phi) is 4.09. The first-order valence-electron chi connectivity index (χ1n) is 8.14. The number of carbonyl (C=O) groups excluding carboxylic acids is 1. The summed E-state index contributed by atoms with van der Waals surface area (Å²) < 4.78 is 12.5. The lowest BCUT2D eigenvalue weighted by molar-refractivity contribution is -0.146. The van der Waals surface area contributed by atoms with Crippen LogP contribution in [0.2, 0.25) is 5.15 Å². The smallest absolute Gasteiger partial charge is 0.310 e. The van der Waals surface area contributed by atoms with Crippen molar-refractivity contribution in [1.29, 1.82) is 0 Å². The molecule has 5 nitrogen and oxygen atoms in total. The van der Waals surface area contributed by atoms with Gasteiger partial charge in [0, 0.05) is 11.5 Å². The van der Waals surface area contributed by atoms with Crippen LogP contribution in [0.3, 0.4) is 0 Å². The summed E-state index contributed by atoms with van der Waals surface area (Å²) in [6.45, 7) is 1.98. The number of ether oxygens (including phenoxy) is 1. The van der Waals surface area contributed by atoms with Gasteiger partial charge in [-0.15, -0.1) is 0 Å². The average molecular weight is 357 g/mol. The van der Waals surface area contributed by atoms with E-state index in [-0.39, 0.29) is 24.4 Å². The molecule has 1 saturated carbocycles. The van der Waals surface area contributed by atoms with Crippen LogP contribution in [0, 0.1) is 12.8 Å². The Balaban J connectivity index is 1.44. The third kappa shape index (κ3) is 3.07. The van der Waals surface area contributed by atoms with Crippen LogP contribution in [0.4, 0.5) is 0 Å². The van der Waals surface area contributed by atoms with E-state index in [1.54, 1.807) is 10.9 Å². The summed E-state index contributed by atoms with van der Waals surface area (Å²) in [5.74, 6) is 0.623. The van der Waals surface area contributed by atoms with Gasteiger partial charge in [-0.3, -0.25) is 4.79 Å². The molecule has 25 heavy (non-hydrogen) atoms. The molecule has 1 aliphatic rings. The van der Waals surface area contributed by atoms with Crippen molar-refractivity contribution in [3.05, 3.63) is 70.9 Å². The number of hydrogen-bond acceptors (Lipinski definition) is 4. The molecule has 2 heterocycles. The van der Waals surface area contributed by atoms with Gasteiger partial charge in [-0.1, -0.05) is 29.8 Å². The lowest BCUT2D eigenvalue weighted by Gasteiger charge is -2.05. The van der Waals surface area contributed by atoms with Gasteiger partial charge in [0.05, 0.1) is 23.6 Å². The molecular formula is C19H17ClN2O3. The summed E-state index contributed by atoms with van der Waals surface area (Å²) in [5, 5.41) is 4.92. The van der Waals surface area contributed by atoms with E-state index >= 15 is 0 Å². The van der Waals surface area contributed by atoms with Gasteiger partial charge in [-0.25, -0.2) is 4.68 Å². The average Bonchev–Trinajstić information content (AvgIpc) is 3.13. The fourth-order valence-corrected chi connectivity index (χ4v) is 3.28. The molecule has 2 unspecified atom stereocenters. The van der Waals surface area contributed by atoms with E-state index in [9.17, 15) is 4.79 Å². The van der Waals surface area contributed by atoms with Crippen molar-refractivity contribution in [2.45, 2.75) is 25.9 Å². The Morgan fingerprint density at radius 2 is 2.12 bits per heavy atom. The molecule has 2 aromatic heterocycles. The summed E-state index contributed by atoms with van der Waals surface area (Å²) in [7, 11) is 0. The fraction of sp³-hybridized carbons (Fsp3) is 0.263. The van der Waals surface area contributed by atoms with E-state index in [1.165, 1.54) is 0 Å². The molecular weight excluding hydrogens is 340 g/mol. The van der Waals surface area contributed by atoms with Crippen molar-refractivity contribution >= 4 is 17.6 Å². The molecule has 1 fully saturated rings. The Hall–Kier alpha value is -2.53. The molecule has 4 rings (SSSR count). The van der Waals surface area contributed by atoms with Crippen LogP contribution in [-0.4, -0.2) is 15.7 Å². The van der Waals surface area contributed by atoms with Crippen molar-refractivity contribution in [1.82, 2.24) is 9.78 Å². The van der Waals surface area contributed by atoms with Crippen molar-refractivity contribution in [3.8, 4) is 5.69 Å². The molecule has 0 N–H and O–H groups in total. The Morgan fingerprint density at radius 3 is 2.84 bits per heavy atom. The highest BCUT2D eigenvalue weighted by Gasteiger charge is 2.47. The number of carbonyl (C=O) groups is 1. The van der Waals surface area contributed by atoms with E-state index in [0.717, 1.165) is 29.1 Å². The molecule has 0 spiro atoms. The summed E-state index contributed by atoms with van der Waals surface area (Å²) in [6, 6.07) is 13.3. The van der Waals surface area contributed by atoms with E-state index in [2.05, 4.69) is 5.10 Å². The number of hydrogen-bond donors (Lipinski definition) is 0. The Bertz CT molecular complexity index is 887. The molecule has 2 atom stereocenters. The molecule has 1 aromatic carbocycles. The zero-order valence-electron chi connectivity index (χ0n) is 13.7. The van der Waals surface area contributed by atoms with E-state index in [0.29, 0.717) is 5.15 Å². The Labute approximate surface area is 150 Å². The number of aromatic nitrogens is 2. The van der Waals surface area contributed by atoms with Crippen LogP contribution in [0.1, 0.15) is 29.4 Å². The number of para-hydroxylation sites is 1. The minimum Gasteiger partial charge on any atom is -0.469 e. The molecule has 0 saturated heterocycles. The van der Waals surface area contributed by atoms with Crippen molar-refractivity contribution in [2.24, 2.45) is 5.92 Å². The highest BCUT2D eigenvalue weighted by Crippen LogP contribution is 2.48. The molecule has 128 valence electrons. The standard InChI is InChI=1S/C19H17ClN2O3/c1-12-16(18(20)22(21-12)13-6-3-2-4-7-13)11-25-19(23)15-10-14(15)17-8-5-9-24-17/h2-9,14-15H,10-11H2,1H3. The second-order valence-electron chi connectivity index (χ2n) is 6.17. The van der Waals surface area contributed by atoms with Gasteiger partial charge in [0.1, 0.15) is 17.5 Å². The second kappa shape index (κ2) is 6.41. The summed E-state index contributed by atoms with van der Waals surface area (Å²) in [4.78, 5) is 12.2. The van der Waals surface area contributed by atoms with Crippen molar-refractivity contribution in [2.75, 3.05) is 0 Å². The number of halogens is 1. The molecule has 0 bridgehead atoms. The minimum atomic E-state index is -0.218. The van der Waals surface area contributed by atoms with Gasteiger partial charge < -0.3 is 9.15 Å². The molecule has 0 amide bonds. The molecule has 0 aliphatic heterocycles. The summed E-state index contributed by atoms with van der Waals surface area (Å²) >= 11 is 6.45. The molecule has 6 heteroatoms. The van der Waals surface area contributed by atoms with Crippen molar-refractivity contribution < 1.29 is 13.9 Å². The maximum absolute atomic E-state index is 12.2. The molecule has 0 radical (unpaired) electrons. The van der Waals surface area contributed by atoms with Crippen LogP contribution in [0.25, 0.3) is 5.69 Å². The van der Waals surface area contributed by atoms with E-state index in [4.69, 9.17) is 20.8 Å². The first kappa shape index (κ1) is 16.0. The topological polar surface area (TPSA) is 57.3 Å². The lowest BCUT2D eigenvalue weighted by atomic mass is 10.2. The number of esters is 1. The minimum absolute atomic E-state index is 0.123. The summed E-state index contributed by atoms with van der Waals surface area (Å²) in [6.07, 6.45) is 2.39. The molecule has 3 aromatic rings. The second-order valence-corrected chi connectivity index (χ2v) is 6.53.